The van der Waals surface area contributed by atoms with Crippen LogP contribution in [0.1, 0.15) is 5.89 Å². The second kappa shape index (κ2) is 5.97. The lowest BCUT2D eigenvalue weighted by atomic mass is 10.2. The van der Waals surface area contributed by atoms with Gasteiger partial charge < -0.3 is 10.2 Å². The summed E-state index contributed by atoms with van der Waals surface area (Å²) in [5, 5.41) is 8.00. The Morgan fingerprint density at radius 2 is 1.90 bits per heavy atom. The van der Waals surface area contributed by atoms with Crippen molar-refractivity contribution in [2.45, 2.75) is 10.6 Å². The Bertz CT molecular complexity index is 746. The molecule has 1 heterocycles. The monoisotopic (exact) mass is 301 g/mol. The number of hydrogen-bond donors (Lipinski definition) is 1. The third-order valence-electron chi connectivity index (χ3n) is 2.82. The van der Waals surface area contributed by atoms with E-state index in [9.17, 15) is 4.39 Å². The van der Waals surface area contributed by atoms with Gasteiger partial charge in [-0.25, -0.2) is 4.39 Å². The van der Waals surface area contributed by atoms with Crippen molar-refractivity contribution in [3.63, 3.8) is 0 Å². The number of hydrogen-bond acceptors (Lipinski definition) is 5. The molecular formula is C15H12FN3OS. The number of anilines is 1. The summed E-state index contributed by atoms with van der Waals surface area (Å²) in [6, 6.07) is 14.2. The molecule has 0 atom stereocenters. The van der Waals surface area contributed by atoms with E-state index < -0.39 is 5.82 Å². The summed E-state index contributed by atoms with van der Waals surface area (Å²) in [6.45, 7) is 0. The average Bonchev–Trinajstić information content (AvgIpc) is 2.98. The van der Waals surface area contributed by atoms with Crippen LogP contribution in [0.4, 0.5) is 10.1 Å². The van der Waals surface area contributed by atoms with E-state index in [2.05, 4.69) is 10.2 Å². The fraction of sp³-hybridized carbons (Fsp3) is 0.0667. The van der Waals surface area contributed by atoms with Gasteiger partial charge in [-0.05, 0) is 30.3 Å². The minimum Gasteiger partial charge on any atom is -0.420 e. The Morgan fingerprint density at radius 3 is 2.67 bits per heavy atom. The van der Waals surface area contributed by atoms with Crippen molar-refractivity contribution in [1.29, 1.82) is 0 Å². The van der Waals surface area contributed by atoms with Gasteiger partial charge in [0.1, 0.15) is 5.82 Å². The van der Waals surface area contributed by atoms with Crippen LogP contribution in [0.5, 0.6) is 0 Å². The molecule has 0 spiro atoms. The van der Waals surface area contributed by atoms with Crippen LogP contribution in [-0.4, -0.2) is 10.2 Å². The van der Waals surface area contributed by atoms with Crippen LogP contribution in [0.3, 0.4) is 0 Å². The lowest BCUT2D eigenvalue weighted by Gasteiger charge is -2.00. The van der Waals surface area contributed by atoms with Crippen molar-refractivity contribution in [3.8, 4) is 11.5 Å². The van der Waals surface area contributed by atoms with Crippen molar-refractivity contribution in [2.75, 3.05) is 5.73 Å². The molecule has 0 saturated heterocycles. The van der Waals surface area contributed by atoms with Crippen LogP contribution in [-0.2, 0) is 5.75 Å². The maximum atomic E-state index is 13.3. The molecule has 1 aromatic heterocycles. The summed E-state index contributed by atoms with van der Waals surface area (Å²) < 4.78 is 18.9. The molecule has 3 rings (SSSR count). The predicted octanol–water partition coefficient (Wildman–Crippen LogP) is 3.75. The Kier molecular flexibility index (Phi) is 3.87. The quantitative estimate of drug-likeness (QED) is 0.587. The van der Waals surface area contributed by atoms with E-state index in [0.717, 1.165) is 10.5 Å². The fourth-order valence-electron chi connectivity index (χ4n) is 1.75. The van der Waals surface area contributed by atoms with Crippen molar-refractivity contribution in [3.05, 3.63) is 60.2 Å². The molecule has 0 bridgehead atoms. The summed E-state index contributed by atoms with van der Waals surface area (Å²) in [5.74, 6) is 1.03. The maximum absolute atomic E-state index is 13.3. The first-order chi connectivity index (χ1) is 10.2. The Balaban J connectivity index is 1.69. The van der Waals surface area contributed by atoms with Crippen molar-refractivity contribution < 1.29 is 8.81 Å². The van der Waals surface area contributed by atoms with Gasteiger partial charge in [-0.2, -0.15) is 0 Å². The second-order valence-electron chi connectivity index (χ2n) is 4.34. The van der Waals surface area contributed by atoms with Gasteiger partial charge in [0, 0.05) is 10.5 Å². The van der Waals surface area contributed by atoms with Crippen LogP contribution in [0.15, 0.2) is 57.8 Å². The van der Waals surface area contributed by atoms with Gasteiger partial charge in [0.05, 0.1) is 11.4 Å². The van der Waals surface area contributed by atoms with Gasteiger partial charge in [0.2, 0.25) is 11.8 Å². The molecule has 0 unspecified atom stereocenters. The first-order valence-corrected chi connectivity index (χ1v) is 7.26. The zero-order valence-electron chi connectivity index (χ0n) is 11.0. The van der Waals surface area contributed by atoms with E-state index in [4.69, 9.17) is 10.2 Å². The van der Waals surface area contributed by atoms with Crippen LogP contribution >= 0.6 is 11.8 Å². The number of thioether (sulfide) groups is 1. The molecule has 0 fully saturated rings. The van der Waals surface area contributed by atoms with E-state index in [1.807, 2.05) is 30.3 Å². The van der Waals surface area contributed by atoms with E-state index in [-0.39, 0.29) is 5.69 Å². The average molecular weight is 301 g/mol. The lowest BCUT2D eigenvalue weighted by molar-refractivity contribution is 0.528. The summed E-state index contributed by atoms with van der Waals surface area (Å²) in [4.78, 5) is 0.765. The highest BCUT2D eigenvalue weighted by molar-refractivity contribution is 7.98. The predicted molar refractivity (Wildman–Crippen MR) is 80.1 cm³/mol. The third-order valence-corrected chi connectivity index (χ3v) is 3.80. The minimum atomic E-state index is -0.421. The van der Waals surface area contributed by atoms with Crippen LogP contribution in [0.2, 0.25) is 0 Å². The maximum Gasteiger partial charge on any atom is 0.247 e. The highest BCUT2D eigenvalue weighted by atomic mass is 32.2. The first kappa shape index (κ1) is 13.6. The molecule has 6 heteroatoms. The Labute approximate surface area is 125 Å². The summed E-state index contributed by atoms with van der Waals surface area (Å²) in [7, 11) is 0. The minimum absolute atomic E-state index is 0.142. The van der Waals surface area contributed by atoms with E-state index in [0.29, 0.717) is 17.5 Å². The standard InChI is InChI=1S/C15H12FN3OS/c16-12-8-11(6-7-13(12)17)21-9-14-18-19-15(20-14)10-4-2-1-3-5-10/h1-8H,9,17H2. The topological polar surface area (TPSA) is 64.9 Å². The molecule has 0 saturated carbocycles. The van der Waals surface area contributed by atoms with Crippen molar-refractivity contribution in [2.24, 2.45) is 0 Å². The number of nitrogen functional groups attached to an aromatic ring is 1. The summed E-state index contributed by atoms with van der Waals surface area (Å²) in [6.07, 6.45) is 0. The number of benzene rings is 2. The molecule has 3 aromatic rings. The molecule has 2 N–H and O–H groups in total. The van der Waals surface area contributed by atoms with Crippen molar-refractivity contribution in [1.82, 2.24) is 10.2 Å². The fourth-order valence-corrected chi connectivity index (χ4v) is 2.51. The highest BCUT2D eigenvalue weighted by Crippen LogP contribution is 2.26. The van der Waals surface area contributed by atoms with E-state index in [1.165, 1.54) is 17.8 Å². The van der Waals surface area contributed by atoms with Gasteiger partial charge in [0.25, 0.3) is 0 Å². The highest BCUT2D eigenvalue weighted by Gasteiger charge is 2.09. The van der Waals surface area contributed by atoms with Crippen LogP contribution in [0, 0.1) is 5.82 Å². The molecular weight excluding hydrogens is 289 g/mol. The van der Waals surface area contributed by atoms with Gasteiger partial charge in [-0.15, -0.1) is 22.0 Å². The van der Waals surface area contributed by atoms with E-state index in [1.54, 1.807) is 12.1 Å². The second-order valence-corrected chi connectivity index (χ2v) is 5.39. The zero-order chi connectivity index (χ0) is 14.7. The van der Waals surface area contributed by atoms with Crippen LogP contribution < -0.4 is 5.73 Å². The third kappa shape index (κ3) is 3.22. The zero-order valence-corrected chi connectivity index (χ0v) is 11.8. The normalized spacial score (nSPS) is 10.7. The van der Waals surface area contributed by atoms with Gasteiger partial charge >= 0.3 is 0 Å². The Hall–Kier alpha value is -2.34. The molecule has 106 valence electrons. The first-order valence-electron chi connectivity index (χ1n) is 6.28. The number of nitrogens with zero attached hydrogens (tertiary/aromatic N) is 2. The van der Waals surface area contributed by atoms with Gasteiger partial charge in [0.15, 0.2) is 0 Å². The van der Waals surface area contributed by atoms with Gasteiger partial charge in [-0.1, -0.05) is 18.2 Å². The van der Waals surface area contributed by atoms with Crippen LogP contribution in [0.25, 0.3) is 11.5 Å². The van der Waals surface area contributed by atoms with Gasteiger partial charge in [-0.3, -0.25) is 0 Å². The molecule has 0 aliphatic rings. The smallest absolute Gasteiger partial charge is 0.247 e. The molecule has 0 amide bonds. The number of rotatable bonds is 4. The Morgan fingerprint density at radius 1 is 1.10 bits per heavy atom. The lowest BCUT2D eigenvalue weighted by Crippen LogP contribution is -1.90. The number of halogens is 1. The summed E-state index contributed by atoms with van der Waals surface area (Å²) >= 11 is 1.41. The SMILES string of the molecule is Nc1ccc(SCc2nnc(-c3ccccc3)o2)cc1F. The van der Waals surface area contributed by atoms with Crippen molar-refractivity contribution >= 4 is 17.4 Å². The number of aromatic nitrogens is 2. The number of nitrogens with two attached hydrogens (primary N) is 1. The molecule has 21 heavy (non-hydrogen) atoms. The summed E-state index contributed by atoms with van der Waals surface area (Å²) in [5.41, 5.74) is 6.46. The largest absolute Gasteiger partial charge is 0.420 e. The molecule has 4 nitrogen and oxygen atoms in total. The molecule has 0 aliphatic carbocycles. The molecule has 0 radical (unpaired) electrons. The van der Waals surface area contributed by atoms with E-state index >= 15 is 0 Å². The molecule has 0 aliphatic heterocycles. The molecule has 2 aromatic carbocycles.